The molecule has 0 radical (unpaired) electrons. The molecule has 4 aromatic rings. The summed E-state index contributed by atoms with van der Waals surface area (Å²) in [5.74, 6) is -2.45. The standard InChI is InChI=1S/C48H62N8O8/c1-10-39(57)54-21-18-31(25-54)45(59)53(8)41(28(3)4)43(58)51-37-23-32-26-63-44(50-32)30-16-17-38-34(22-30)35(42(55(38)11-2)33-14-12-19-49-40(33)29(5)62-9)24-48(6,7)27-64-47(61)36-15-13-20-56(52-36)46(37)60/h10,12,14,16-17,19,22,26,28-29,31,36-37,41,52H,1,11,13,15,18,20-21,23-25,27H2,2-9H3,(H,51,58)/t29-,31-,36-,37-,41?/m0/s1. The fourth-order valence-electron chi connectivity index (χ4n) is 9.47. The van der Waals surface area contributed by atoms with Crippen molar-refractivity contribution >= 4 is 40.5 Å². The van der Waals surface area contributed by atoms with Crippen LogP contribution in [0.2, 0.25) is 0 Å². The van der Waals surface area contributed by atoms with Crippen molar-refractivity contribution in [3.05, 3.63) is 72.4 Å². The Morgan fingerprint density at radius 2 is 1.92 bits per heavy atom. The molecular formula is C48H62N8O8. The molecule has 5 atom stereocenters. The summed E-state index contributed by atoms with van der Waals surface area (Å²) in [6.45, 7) is 17.2. The monoisotopic (exact) mass is 878 g/mol. The molecule has 3 aromatic heterocycles. The van der Waals surface area contributed by atoms with E-state index in [9.17, 15) is 24.0 Å². The van der Waals surface area contributed by atoms with E-state index in [0.717, 1.165) is 39.0 Å². The second kappa shape index (κ2) is 19.1. The average molecular weight is 879 g/mol. The zero-order chi connectivity index (χ0) is 46.0. The van der Waals surface area contributed by atoms with Crippen molar-refractivity contribution in [1.82, 2.24) is 40.1 Å². The first kappa shape index (κ1) is 46.1. The van der Waals surface area contributed by atoms with Crippen LogP contribution < -0.4 is 10.7 Å². The Morgan fingerprint density at radius 3 is 2.64 bits per heavy atom. The summed E-state index contributed by atoms with van der Waals surface area (Å²) in [7, 11) is 3.25. The maximum Gasteiger partial charge on any atom is 0.324 e. The van der Waals surface area contributed by atoms with Crippen LogP contribution in [0, 0.1) is 17.3 Å². The number of esters is 1. The molecular weight excluding hydrogens is 817 g/mol. The molecule has 6 heterocycles. The first-order valence-electron chi connectivity index (χ1n) is 22.4. The number of nitrogens with zero attached hydrogens (tertiary/aromatic N) is 6. The molecule has 16 heteroatoms. The zero-order valence-corrected chi connectivity index (χ0v) is 38.3. The summed E-state index contributed by atoms with van der Waals surface area (Å²) in [6, 6.07) is 7.20. The van der Waals surface area contributed by atoms with E-state index in [4.69, 9.17) is 23.9 Å². The molecule has 7 rings (SSSR count). The van der Waals surface area contributed by atoms with Crippen molar-refractivity contribution in [2.24, 2.45) is 17.3 Å². The second-order valence-corrected chi connectivity index (χ2v) is 18.4. The van der Waals surface area contributed by atoms with Crippen molar-refractivity contribution in [1.29, 1.82) is 0 Å². The highest BCUT2D eigenvalue weighted by molar-refractivity contribution is 5.96. The lowest BCUT2D eigenvalue weighted by molar-refractivity contribution is -0.155. The van der Waals surface area contributed by atoms with E-state index in [0.29, 0.717) is 50.4 Å². The number of nitrogens with one attached hydrogen (secondary N) is 2. The molecule has 1 aromatic carbocycles. The minimum absolute atomic E-state index is 0.0371. The number of aromatic nitrogens is 3. The third kappa shape index (κ3) is 9.34. The largest absolute Gasteiger partial charge is 0.464 e. The number of methoxy groups -OCH3 is 1. The lowest BCUT2D eigenvalue weighted by Crippen LogP contribution is -2.62. The number of hydrogen-bond acceptors (Lipinski definition) is 11. The molecule has 2 saturated heterocycles. The average Bonchev–Trinajstić information content (AvgIpc) is 4.05. The van der Waals surface area contributed by atoms with Crippen LogP contribution in [0.1, 0.15) is 83.9 Å². The molecule has 6 bridgehead atoms. The summed E-state index contributed by atoms with van der Waals surface area (Å²) in [4.78, 5) is 81.6. The van der Waals surface area contributed by atoms with Crippen molar-refractivity contribution in [3.8, 4) is 22.7 Å². The van der Waals surface area contributed by atoms with Crippen LogP contribution in [0.15, 0.2) is 59.9 Å². The predicted octanol–water partition coefficient (Wildman–Crippen LogP) is 5.25. The number of hydrogen-bond donors (Lipinski definition) is 2. The fourth-order valence-corrected chi connectivity index (χ4v) is 9.47. The van der Waals surface area contributed by atoms with Crippen LogP contribution in [-0.4, -0.2) is 117 Å². The number of carbonyl (C=O) groups is 5. The molecule has 64 heavy (non-hydrogen) atoms. The SMILES string of the molecule is C=CC(=O)N1CC[C@H](C(=O)N(C)C(C(=O)N[C@H]2Cc3coc(n3)-c3ccc4c(c3)c(c(-c3cccnc3[C@H](C)OC)n4CC)CC(C)(C)COC(=O)[C@@H]3CCCN(N3)C2=O)C(C)C)C1. The molecule has 2 fully saturated rings. The van der Waals surface area contributed by atoms with Gasteiger partial charge in [0.2, 0.25) is 23.6 Å². The van der Waals surface area contributed by atoms with E-state index in [1.165, 1.54) is 22.2 Å². The van der Waals surface area contributed by atoms with Crippen LogP contribution in [0.3, 0.4) is 0 Å². The Kier molecular flexibility index (Phi) is 13.8. The summed E-state index contributed by atoms with van der Waals surface area (Å²) in [6.07, 6.45) is 6.17. The van der Waals surface area contributed by atoms with E-state index in [1.54, 1.807) is 25.3 Å². The third-order valence-corrected chi connectivity index (χ3v) is 12.8. The molecule has 2 N–H and O–H groups in total. The van der Waals surface area contributed by atoms with Gasteiger partial charge in [0, 0.05) is 80.4 Å². The maximum atomic E-state index is 14.6. The highest BCUT2D eigenvalue weighted by atomic mass is 16.5. The van der Waals surface area contributed by atoms with Gasteiger partial charge >= 0.3 is 5.97 Å². The first-order chi connectivity index (χ1) is 30.5. The first-order valence-corrected chi connectivity index (χ1v) is 22.4. The molecule has 3 aliphatic heterocycles. The Bertz CT molecular complexity index is 2420. The van der Waals surface area contributed by atoms with Crippen molar-refractivity contribution in [3.63, 3.8) is 0 Å². The van der Waals surface area contributed by atoms with E-state index in [1.807, 2.05) is 32.9 Å². The lowest BCUT2D eigenvalue weighted by atomic mass is 9.84. The van der Waals surface area contributed by atoms with E-state index < -0.39 is 47.2 Å². The number of benzene rings is 1. The number of rotatable bonds is 10. The number of oxazole rings is 1. The van der Waals surface area contributed by atoms with Gasteiger partial charge in [-0.2, -0.15) is 0 Å². The number of amides is 4. The Hall–Kier alpha value is -5.87. The summed E-state index contributed by atoms with van der Waals surface area (Å²) in [5.41, 5.74) is 8.54. The van der Waals surface area contributed by atoms with Crippen LogP contribution in [-0.2, 0) is 52.8 Å². The Morgan fingerprint density at radius 1 is 1.14 bits per heavy atom. The minimum Gasteiger partial charge on any atom is -0.464 e. The molecule has 0 spiro atoms. The summed E-state index contributed by atoms with van der Waals surface area (Å²) >= 11 is 0. The van der Waals surface area contributed by atoms with Gasteiger partial charge in [0.05, 0.1) is 35.7 Å². The summed E-state index contributed by atoms with van der Waals surface area (Å²) in [5, 5.41) is 5.33. The molecule has 4 amide bonds. The number of carbonyl (C=O) groups excluding carboxylic acids is 5. The Labute approximate surface area is 374 Å². The highest BCUT2D eigenvalue weighted by Gasteiger charge is 2.40. The molecule has 1 unspecified atom stereocenters. The van der Waals surface area contributed by atoms with E-state index >= 15 is 0 Å². The van der Waals surface area contributed by atoms with Crippen molar-refractivity contribution in [2.45, 2.75) is 104 Å². The van der Waals surface area contributed by atoms with Gasteiger partial charge < -0.3 is 33.6 Å². The number of ether oxygens (including phenoxy) is 2. The van der Waals surface area contributed by atoms with Crippen molar-refractivity contribution < 1.29 is 37.9 Å². The van der Waals surface area contributed by atoms with Gasteiger partial charge in [-0.25, -0.2) is 10.4 Å². The number of cyclic esters (lactones) is 1. The van der Waals surface area contributed by atoms with Crippen LogP contribution in [0.25, 0.3) is 33.6 Å². The van der Waals surface area contributed by atoms with Crippen LogP contribution in [0.4, 0.5) is 0 Å². The number of hydrazine groups is 1. The fraction of sp³-hybridized carbons (Fsp3) is 0.521. The third-order valence-electron chi connectivity index (χ3n) is 12.8. The minimum atomic E-state index is -1.15. The quantitative estimate of drug-likeness (QED) is 0.157. The van der Waals surface area contributed by atoms with Gasteiger partial charge in [0.15, 0.2) is 0 Å². The van der Waals surface area contributed by atoms with Crippen molar-refractivity contribution in [2.75, 3.05) is 40.4 Å². The molecule has 342 valence electrons. The van der Waals surface area contributed by atoms with E-state index in [2.05, 4.69) is 60.9 Å². The molecule has 16 nitrogen and oxygen atoms in total. The van der Waals surface area contributed by atoms with Gasteiger partial charge in [-0.3, -0.25) is 34.0 Å². The lowest BCUT2D eigenvalue weighted by Gasteiger charge is -2.36. The van der Waals surface area contributed by atoms with Gasteiger partial charge in [0.1, 0.15) is 24.4 Å². The maximum absolute atomic E-state index is 14.6. The number of likely N-dealkylation sites (N-methyl/N-ethyl adjacent to an activating group) is 1. The highest BCUT2D eigenvalue weighted by Crippen LogP contribution is 2.42. The number of likely N-dealkylation sites (tertiary alicyclic amines) is 1. The molecule has 0 aliphatic carbocycles. The van der Waals surface area contributed by atoms with E-state index in [-0.39, 0.29) is 50.0 Å². The van der Waals surface area contributed by atoms with Gasteiger partial charge in [0.25, 0.3) is 5.91 Å². The predicted molar refractivity (Wildman–Crippen MR) is 240 cm³/mol. The Balaban J connectivity index is 1.27. The molecule has 3 aliphatic rings. The number of fused-ring (bicyclic) bond motifs is 6. The zero-order valence-electron chi connectivity index (χ0n) is 38.3. The van der Waals surface area contributed by atoms with Crippen LogP contribution >= 0.6 is 0 Å². The normalized spacial score (nSPS) is 21.3. The topological polar surface area (TPSA) is 181 Å². The molecule has 0 saturated carbocycles. The van der Waals surface area contributed by atoms with Gasteiger partial charge in [-0.15, -0.1) is 0 Å². The summed E-state index contributed by atoms with van der Waals surface area (Å²) < 4.78 is 20.3. The number of aryl methyl sites for hydroxylation is 1. The smallest absolute Gasteiger partial charge is 0.324 e. The second-order valence-electron chi connectivity index (χ2n) is 18.4. The van der Waals surface area contributed by atoms with Gasteiger partial charge in [-0.1, -0.05) is 34.3 Å². The number of pyridine rings is 1. The van der Waals surface area contributed by atoms with Gasteiger partial charge in [-0.05, 0) is 87.4 Å². The van der Waals surface area contributed by atoms with Crippen LogP contribution in [0.5, 0.6) is 0 Å².